The lowest BCUT2D eigenvalue weighted by molar-refractivity contribution is 0.194. The summed E-state index contributed by atoms with van der Waals surface area (Å²) < 4.78 is 0. The predicted molar refractivity (Wildman–Crippen MR) is 70.1 cm³/mol. The molecule has 1 aromatic rings. The molecular formula is C14H22N2O. The SMILES string of the molecule is CC1CN(C)CCCN1Cc1cccc(O)c1. The van der Waals surface area contributed by atoms with E-state index in [2.05, 4.69) is 29.8 Å². The molecule has 1 N–H and O–H groups in total. The zero-order valence-corrected chi connectivity index (χ0v) is 10.8. The summed E-state index contributed by atoms with van der Waals surface area (Å²) in [5.74, 6) is 0.363. The van der Waals surface area contributed by atoms with Gasteiger partial charge in [0.15, 0.2) is 0 Å². The zero-order valence-electron chi connectivity index (χ0n) is 10.8. The summed E-state index contributed by atoms with van der Waals surface area (Å²) in [6.07, 6.45) is 1.22. The molecule has 3 heteroatoms. The van der Waals surface area contributed by atoms with Crippen molar-refractivity contribution in [3.8, 4) is 5.75 Å². The van der Waals surface area contributed by atoms with Crippen molar-refractivity contribution in [2.45, 2.75) is 25.9 Å². The first-order valence-corrected chi connectivity index (χ1v) is 6.35. The van der Waals surface area contributed by atoms with Crippen molar-refractivity contribution >= 4 is 0 Å². The van der Waals surface area contributed by atoms with E-state index >= 15 is 0 Å². The molecule has 1 aliphatic rings. The van der Waals surface area contributed by atoms with Crippen LogP contribution in [0, 0.1) is 0 Å². The van der Waals surface area contributed by atoms with Crippen LogP contribution in [0.2, 0.25) is 0 Å². The van der Waals surface area contributed by atoms with Crippen LogP contribution in [0.5, 0.6) is 5.75 Å². The summed E-state index contributed by atoms with van der Waals surface area (Å²) in [5.41, 5.74) is 1.20. The molecule has 0 aromatic heterocycles. The van der Waals surface area contributed by atoms with Crippen LogP contribution in [0.1, 0.15) is 18.9 Å². The number of nitrogens with zero attached hydrogens (tertiary/aromatic N) is 2. The lowest BCUT2D eigenvalue weighted by Crippen LogP contribution is -2.37. The van der Waals surface area contributed by atoms with E-state index in [9.17, 15) is 5.11 Å². The lowest BCUT2D eigenvalue weighted by atomic mass is 10.1. The van der Waals surface area contributed by atoms with Gasteiger partial charge >= 0.3 is 0 Å². The highest BCUT2D eigenvalue weighted by atomic mass is 16.3. The van der Waals surface area contributed by atoms with E-state index in [1.165, 1.54) is 18.5 Å². The summed E-state index contributed by atoms with van der Waals surface area (Å²) in [6.45, 7) is 6.66. The van der Waals surface area contributed by atoms with Gasteiger partial charge in [-0.2, -0.15) is 0 Å². The van der Waals surface area contributed by atoms with Gasteiger partial charge in [0, 0.05) is 25.7 Å². The Labute approximate surface area is 104 Å². The van der Waals surface area contributed by atoms with Crippen molar-refractivity contribution in [3.05, 3.63) is 29.8 Å². The molecule has 1 fully saturated rings. The molecule has 1 aliphatic heterocycles. The quantitative estimate of drug-likeness (QED) is 0.847. The number of likely N-dealkylation sites (N-methyl/N-ethyl adjacent to an activating group) is 1. The van der Waals surface area contributed by atoms with E-state index in [-0.39, 0.29) is 0 Å². The van der Waals surface area contributed by atoms with Crippen molar-refractivity contribution in [1.29, 1.82) is 0 Å². The number of hydrogen-bond acceptors (Lipinski definition) is 3. The van der Waals surface area contributed by atoms with E-state index in [4.69, 9.17) is 0 Å². The molecule has 17 heavy (non-hydrogen) atoms. The largest absolute Gasteiger partial charge is 0.508 e. The summed E-state index contributed by atoms with van der Waals surface area (Å²) in [7, 11) is 2.19. The maximum atomic E-state index is 9.48. The van der Waals surface area contributed by atoms with Crippen LogP contribution in [0.4, 0.5) is 0 Å². The Morgan fingerprint density at radius 2 is 2.18 bits per heavy atom. The minimum absolute atomic E-state index is 0.363. The van der Waals surface area contributed by atoms with Crippen molar-refractivity contribution in [3.63, 3.8) is 0 Å². The molecule has 0 radical (unpaired) electrons. The molecule has 1 aromatic carbocycles. The molecule has 2 rings (SSSR count). The van der Waals surface area contributed by atoms with Crippen LogP contribution in [-0.2, 0) is 6.54 Å². The predicted octanol–water partition coefficient (Wildman–Crippen LogP) is 1.92. The highest BCUT2D eigenvalue weighted by Crippen LogP contribution is 2.16. The van der Waals surface area contributed by atoms with E-state index < -0.39 is 0 Å². The van der Waals surface area contributed by atoms with Gasteiger partial charge in [0.1, 0.15) is 5.75 Å². The minimum Gasteiger partial charge on any atom is -0.508 e. The Morgan fingerprint density at radius 3 is 2.94 bits per heavy atom. The molecule has 0 bridgehead atoms. The van der Waals surface area contributed by atoms with E-state index in [1.807, 2.05) is 12.1 Å². The number of phenolic OH excluding ortho intramolecular Hbond substituents is 1. The second kappa shape index (κ2) is 5.52. The topological polar surface area (TPSA) is 26.7 Å². The van der Waals surface area contributed by atoms with E-state index in [1.54, 1.807) is 6.07 Å². The molecule has 1 heterocycles. The molecule has 1 saturated heterocycles. The average Bonchev–Trinajstić information content (AvgIpc) is 2.41. The van der Waals surface area contributed by atoms with Crippen LogP contribution >= 0.6 is 0 Å². The van der Waals surface area contributed by atoms with Crippen LogP contribution in [-0.4, -0.2) is 47.6 Å². The standard InChI is InChI=1S/C14H22N2O/c1-12-10-15(2)7-4-8-16(12)11-13-5-3-6-14(17)9-13/h3,5-6,9,12,17H,4,7-8,10-11H2,1-2H3. The Bertz CT molecular complexity index is 367. The van der Waals surface area contributed by atoms with Crippen molar-refractivity contribution in [2.24, 2.45) is 0 Å². The first-order valence-electron chi connectivity index (χ1n) is 6.35. The van der Waals surface area contributed by atoms with Crippen molar-refractivity contribution < 1.29 is 5.11 Å². The Kier molecular flexibility index (Phi) is 4.02. The number of rotatable bonds is 2. The lowest BCUT2D eigenvalue weighted by Gasteiger charge is -2.27. The summed E-state index contributed by atoms with van der Waals surface area (Å²) >= 11 is 0. The van der Waals surface area contributed by atoms with Gasteiger partial charge in [-0.15, -0.1) is 0 Å². The van der Waals surface area contributed by atoms with Gasteiger partial charge in [-0.25, -0.2) is 0 Å². The Hall–Kier alpha value is -1.06. The summed E-state index contributed by atoms with van der Waals surface area (Å²) in [5, 5.41) is 9.48. The van der Waals surface area contributed by atoms with Gasteiger partial charge in [0.25, 0.3) is 0 Å². The van der Waals surface area contributed by atoms with Gasteiger partial charge in [0.05, 0.1) is 0 Å². The fourth-order valence-electron chi connectivity index (χ4n) is 2.55. The van der Waals surface area contributed by atoms with Crippen LogP contribution in [0.15, 0.2) is 24.3 Å². The fraction of sp³-hybridized carbons (Fsp3) is 0.571. The highest BCUT2D eigenvalue weighted by molar-refractivity contribution is 5.27. The van der Waals surface area contributed by atoms with Crippen LogP contribution in [0.3, 0.4) is 0 Å². The molecule has 94 valence electrons. The van der Waals surface area contributed by atoms with Gasteiger partial charge in [-0.1, -0.05) is 12.1 Å². The maximum absolute atomic E-state index is 9.48. The van der Waals surface area contributed by atoms with E-state index in [0.29, 0.717) is 11.8 Å². The van der Waals surface area contributed by atoms with Crippen molar-refractivity contribution in [2.75, 3.05) is 26.7 Å². The van der Waals surface area contributed by atoms with Crippen molar-refractivity contribution in [1.82, 2.24) is 9.80 Å². The smallest absolute Gasteiger partial charge is 0.115 e. The van der Waals surface area contributed by atoms with Crippen LogP contribution < -0.4 is 0 Å². The highest BCUT2D eigenvalue weighted by Gasteiger charge is 2.19. The third-order valence-electron chi connectivity index (χ3n) is 3.48. The first kappa shape index (κ1) is 12.4. The third kappa shape index (κ3) is 3.45. The van der Waals surface area contributed by atoms with Gasteiger partial charge < -0.3 is 10.0 Å². The molecule has 1 atom stereocenters. The number of aromatic hydroxyl groups is 1. The molecule has 0 aliphatic carbocycles. The summed E-state index contributed by atoms with van der Waals surface area (Å²) in [4.78, 5) is 4.89. The minimum atomic E-state index is 0.363. The van der Waals surface area contributed by atoms with Gasteiger partial charge in [0.2, 0.25) is 0 Å². The van der Waals surface area contributed by atoms with Crippen LogP contribution in [0.25, 0.3) is 0 Å². The Morgan fingerprint density at radius 1 is 1.35 bits per heavy atom. The third-order valence-corrected chi connectivity index (χ3v) is 3.48. The molecule has 1 unspecified atom stereocenters. The average molecular weight is 234 g/mol. The second-order valence-corrected chi connectivity index (χ2v) is 5.11. The molecule has 0 saturated carbocycles. The normalized spacial score (nSPS) is 23.5. The Balaban J connectivity index is 2.02. The number of benzene rings is 1. The second-order valence-electron chi connectivity index (χ2n) is 5.11. The maximum Gasteiger partial charge on any atom is 0.115 e. The molecule has 0 amide bonds. The zero-order chi connectivity index (χ0) is 12.3. The fourth-order valence-corrected chi connectivity index (χ4v) is 2.55. The van der Waals surface area contributed by atoms with Gasteiger partial charge in [-0.3, -0.25) is 4.90 Å². The van der Waals surface area contributed by atoms with E-state index in [0.717, 1.165) is 19.6 Å². The summed E-state index contributed by atoms with van der Waals surface area (Å²) in [6, 6.07) is 8.16. The first-order chi connectivity index (χ1) is 8.15. The van der Waals surface area contributed by atoms with Gasteiger partial charge in [-0.05, 0) is 44.6 Å². The monoisotopic (exact) mass is 234 g/mol. The molecule has 3 nitrogen and oxygen atoms in total. The number of hydrogen-bond donors (Lipinski definition) is 1. The molecule has 0 spiro atoms. The number of phenols is 1. The molecular weight excluding hydrogens is 212 g/mol.